The summed E-state index contributed by atoms with van der Waals surface area (Å²) in [5, 5.41) is 0. The van der Waals surface area contributed by atoms with Crippen molar-refractivity contribution in [3.63, 3.8) is 0 Å². The minimum Gasteiger partial charge on any atom is -0.485 e. The van der Waals surface area contributed by atoms with Gasteiger partial charge in [-0.25, -0.2) is 4.79 Å². The Balaban J connectivity index is 1.28. The summed E-state index contributed by atoms with van der Waals surface area (Å²) < 4.78 is 16.6. The van der Waals surface area contributed by atoms with Crippen molar-refractivity contribution in [2.75, 3.05) is 37.7 Å². The summed E-state index contributed by atoms with van der Waals surface area (Å²) in [6.07, 6.45) is -1.75. The average molecular weight is 396 g/mol. The van der Waals surface area contributed by atoms with Crippen molar-refractivity contribution in [2.45, 2.75) is 19.1 Å². The summed E-state index contributed by atoms with van der Waals surface area (Å²) in [5.74, 6) is 0.306. The van der Waals surface area contributed by atoms with E-state index in [2.05, 4.69) is 17.0 Å². The highest BCUT2D eigenvalue weighted by Gasteiger charge is 2.33. The summed E-state index contributed by atoms with van der Waals surface area (Å²) in [6, 6.07) is 17.3. The van der Waals surface area contributed by atoms with Crippen LogP contribution in [-0.4, -0.2) is 61.8 Å². The molecule has 2 atom stereocenters. The molecule has 1 saturated heterocycles. The summed E-state index contributed by atoms with van der Waals surface area (Å²) in [4.78, 5) is 29.1. The number of para-hydroxylation sites is 3. The van der Waals surface area contributed by atoms with Gasteiger partial charge in [-0.05, 0) is 31.2 Å². The Bertz CT molecular complexity index is 865. The van der Waals surface area contributed by atoms with Crippen molar-refractivity contribution in [2.24, 2.45) is 0 Å². The number of rotatable bonds is 4. The van der Waals surface area contributed by atoms with E-state index in [1.165, 1.54) is 0 Å². The first kappa shape index (κ1) is 19.1. The number of carbonyl (C=O) groups excluding carboxylic acids is 2. The predicted molar refractivity (Wildman–Crippen MR) is 107 cm³/mol. The Kier molecular flexibility index (Phi) is 5.55. The number of fused-ring (bicyclic) bond motifs is 1. The molecule has 0 saturated carbocycles. The third kappa shape index (κ3) is 4.29. The van der Waals surface area contributed by atoms with E-state index in [4.69, 9.17) is 14.2 Å². The Morgan fingerprint density at radius 2 is 1.62 bits per heavy atom. The number of hydrogen-bond acceptors (Lipinski definition) is 6. The minimum absolute atomic E-state index is 0.0620. The van der Waals surface area contributed by atoms with Crippen molar-refractivity contribution in [1.82, 2.24) is 4.90 Å². The number of carbonyl (C=O) groups is 2. The van der Waals surface area contributed by atoms with Crippen molar-refractivity contribution in [3.05, 3.63) is 54.6 Å². The minimum atomic E-state index is -0.880. The number of benzene rings is 2. The summed E-state index contributed by atoms with van der Waals surface area (Å²) in [6.45, 7) is 4.32. The van der Waals surface area contributed by atoms with Crippen molar-refractivity contribution in [1.29, 1.82) is 0 Å². The van der Waals surface area contributed by atoms with E-state index in [9.17, 15) is 9.59 Å². The smallest absolute Gasteiger partial charge is 0.351 e. The van der Waals surface area contributed by atoms with Gasteiger partial charge in [-0.1, -0.05) is 30.3 Å². The van der Waals surface area contributed by atoms with Gasteiger partial charge in [-0.15, -0.1) is 0 Å². The Labute approximate surface area is 169 Å². The SMILES string of the molecule is C[C@@H](OC(=O)[C@H]1COc2ccccc2O1)C(=O)N1CCN(c2ccccc2)CC1. The average Bonchev–Trinajstić information content (AvgIpc) is 2.79. The molecule has 0 spiro atoms. The molecule has 0 aliphatic carbocycles. The molecule has 7 heteroatoms. The Morgan fingerprint density at radius 1 is 0.966 bits per heavy atom. The first-order chi connectivity index (χ1) is 14.1. The highest BCUT2D eigenvalue weighted by molar-refractivity contribution is 5.85. The van der Waals surface area contributed by atoms with Crippen LogP contribution in [0.2, 0.25) is 0 Å². The number of hydrogen-bond donors (Lipinski definition) is 0. The van der Waals surface area contributed by atoms with E-state index >= 15 is 0 Å². The van der Waals surface area contributed by atoms with E-state index in [-0.39, 0.29) is 12.5 Å². The molecule has 0 unspecified atom stereocenters. The number of esters is 1. The van der Waals surface area contributed by atoms with E-state index in [1.807, 2.05) is 24.3 Å². The molecule has 2 aromatic carbocycles. The predicted octanol–water partition coefficient (Wildman–Crippen LogP) is 2.11. The van der Waals surface area contributed by atoms with Crippen molar-refractivity contribution >= 4 is 17.6 Å². The topological polar surface area (TPSA) is 68.3 Å². The first-order valence-corrected chi connectivity index (χ1v) is 9.79. The molecule has 0 radical (unpaired) electrons. The van der Waals surface area contributed by atoms with Crippen LogP contribution in [0.4, 0.5) is 5.69 Å². The molecule has 4 rings (SSSR count). The van der Waals surface area contributed by atoms with Gasteiger partial charge in [0.25, 0.3) is 5.91 Å². The molecule has 0 bridgehead atoms. The van der Waals surface area contributed by atoms with Crippen LogP contribution in [0.5, 0.6) is 11.5 Å². The molecule has 2 aliphatic rings. The lowest BCUT2D eigenvalue weighted by atomic mass is 10.2. The van der Waals surface area contributed by atoms with Crippen LogP contribution in [0, 0.1) is 0 Å². The second-order valence-electron chi connectivity index (χ2n) is 7.09. The molecule has 1 amide bonds. The summed E-state index contributed by atoms with van der Waals surface area (Å²) in [5.41, 5.74) is 1.15. The standard InChI is InChI=1S/C22H24N2O5/c1-16(28-22(26)20-15-27-18-9-5-6-10-19(18)29-20)21(25)24-13-11-23(12-14-24)17-7-3-2-4-8-17/h2-10,16,20H,11-15H2,1H3/t16-,20-/m1/s1. The van der Waals surface area contributed by atoms with Gasteiger partial charge in [0.1, 0.15) is 6.61 Å². The molecule has 1 fully saturated rings. The van der Waals surface area contributed by atoms with Crippen LogP contribution in [0.1, 0.15) is 6.92 Å². The molecule has 152 valence electrons. The highest BCUT2D eigenvalue weighted by Crippen LogP contribution is 2.31. The lowest BCUT2D eigenvalue weighted by molar-refractivity contribution is -0.166. The van der Waals surface area contributed by atoms with Crippen LogP contribution in [-0.2, 0) is 14.3 Å². The largest absolute Gasteiger partial charge is 0.485 e. The number of anilines is 1. The van der Waals surface area contributed by atoms with E-state index in [0.717, 1.165) is 18.8 Å². The van der Waals surface area contributed by atoms with Gasteiger partial charge in [0.05, 0.1) is 0 Å². The zero-order valence-electron chi connectivity index (χ0n) is 16.3. The summed E-state index contributed by atoms with van der Waals surface area (Å²) >= 11 is 0. The van der Waals surface area contributed by atoms with Gasteiger partial charge >= 0.3 is 5.97 Å². The second kappa shape index (κ2) is 8.43. The maximum Gasteiger partial charge on any atom is 0.351 e. The fraction of sp³-hybridized carbons (Fsp3) is 0.364. The maximum atomic E-state index is 12.7. The number of ether oxygens (including phenoxy) is 3. The number of nitrogens with zero attached hydrogens (tertiary/aromatic N) is 2. The van der Waals surface area contributed by atoms with Gasteiger partial charge in [0.15, 0.2) is 17.6 Å². The molecule has 2 heterocycles. The molecular weight excluding hydrogens is 372 g/mol. The van der Waals surface area contributed by atoms with Crippen molar-refractivity contribution in [3.8, 4) is 11.5 Å². The molecule has 29 heavy (non-hydrogen) atoms. The normalized spacial score (nSPS) is 19.4. The maximum absolute atomic E-state index is 12.7. The van der Waals surface area contributed by atoms with Gasteiger partial charge in [-0.2, -0.15) is 0 Å². The van der Waals surface area contributed by atoms with Crippen LogP contribution < -0.4 is 14.4 Å². The zero-order chi connectivity index (χ0) is 20.2. The molecule has 2 aromatic rings. The monoisotopic (exact) mass is 396 g/mol. The second-order valence-corrected chi connectivity index (χ2v) is 7.09. The third-order valence-electron chi connectivity index (χ3n) is 5.12. The van der Waals surface area contributed by atoms with Crippen LogP contribution in [0.25, 0.3) is 0 Å². The Hall–Kier alpha value is -3.22. The van der Waals surface area contributed by atoms with Gasteiger partial charge in [0.2, 0.25) is 6.10 Å². The number of piperazine rings is 1. The summed E-state index contributed by atoms with van der Waals surface area (Å²) in [7, 11) is 0. The fourth-order valence-electron chi connectivity index (χ4n) is 3.52. The van der Waals surface area contributed by atoms with Gasteiger partial charge < -0.3 is 24.0 Å². The van der Waals surface area contributed by atoms with Crippen LogP contribution in [0.15, 0.2) is 54.6 Å². The quantitative estimate of drug-likeness (QED) is 0.738. The Morgan fingerprint density at radius 3 is 2.34 bits per heavy atom. The van der Waals surface area contributed by atoms with E-state index in [0.29, 0.717) is 24.6 Å². The number of amides is 1. The molecule has 0 N–H and O–H groups in total. The van der Waals surface area contributed by atoms with Crippen LogP contribution in [0.3, 0.4) is 0 Å². The lowest BCUT2D eigenvalue weighted by Crippen LogP contribution is -2.52. The first-order valence-electron chi connectivity index (χ1n) is 9.79. The third-order valence-corrected chi connectivity index (χ3v) is 5.12. The van der Waals surface area contributed by atoms with Crippen LogP contribution >= 0.6 is 0 Å². The van der Waals surface area contributed by atoms with E-state index < -0.39 is 18.2 Å². The molecule has 7 nitrogen and oxygen atoms in total. The lowest BCUT2D eigenvalue weighted by Gasteiger charge is -2.37. The highest BCUT2D eigenvalue weighted by atomic mass is 16.6. The molecular formula is C22H24N2O5. The van der Waals surface area contributed by atoms with Gasteiger partial charge in [-0.3, -0.25) is 4.79 Å². The van der Waals surface area contributed by atoms with Crippen molar-refractivity contribution < 1.29 is 23.8 Å². The fourth-order valence-corrected chi connectivity index (χ4v) is 3.52. The molecule has 0 aromatic heterocycles. The van der Waals surface area contributed by atoms with E-state index in [1.54, 1.807) is 30.0 Å². The molecule has 2 aliphatic heterocycles. The van der Waals surface area contributed by atoms with Gasteiger partial charge in [0, 0.05) is 31.9 Å². The zero-order valence-corrected chi connectivity index (χ0v) is 16.3.